The van der Waals surface area contributed by atoms with E-state index in [1.165, 1.54) is 7.11 Å². The lowest BCUT2D eigenvalue weighted by molar-refractivity contribution is -0.171. The average Bonchev–Trinajstić information content (AvgIpc) is 2.94. The van der Waals surface area contributed by atoms with Crippen LogP contribution in [0, 0.1) is 5.41 Å². The zero-order chi connectivity index (χ0) is 18.8. The first kappa shape index (κ1) is 19.7. The molecule has 0 bridgehead atoms. The summed E-state index contributed by atoms with van der Waals surface area (Å²) in [6.07, 6.45) is 0.0817. The van der Waals surface area contributed by atoms with Gasteiger partial charge in [-0.05, 0) is 44.9 Å². The lowest BCUT2D eigenvalue weighted by atomic mass is 9.77. The normalized spacial score (nSPS) is 26.3. The molecule has 0 spiro atoms. The maximum absolute atomic E-state index is 12.9. The smallest absolute Gasteiger partial charge is 0.322 e. The molecule has 0 radical (unpaired) electrons. The molecule has 0 saturated carbocycles. The molecule has 1 aromatic carbocycles. The molecule has 7 heteroatoms. The van der Waals surface area contributed by atoms with E-state index in [4.69, 9.17) is 21.1 Å². The molecule has 0 unspecified atom stereocenters. The summed E-state index contributed by atoms with van der Waals surface area (Å²) in [6, 6.07) is 5.59. The first-order valence-corrected chi connectivity index (χ1v) is 8.44. The van der Waals surface area contributed by atoms with Crippen LogP contribution < -0.4 is 5.32 Å². The van der Waals surface area contributed by atoms with Crippen LogP contribution in [0.3, 0.4) is 0 Å². The number of nitrogens with one attached hydrogen (secondary N) is 1. The summed E-state index contributed by atoms with van der Waals surface area (Å²) in [5.41, 5.74) is -1.27. The zero-order valence-corrected chi connectivity index (χ0v) is 15.6. The van der Waals surface area contributed by atoms with Gasteiger partial charge in [0.15, 0.2) is 0 Å². The minimum atomic E-state index is -1.29. The third-order valence-electron chi connectivity index (χ3n) is 4.27. The highest BCUT2D eigenvalue weighted by molar-refractivity contribution is 6.30. The van der Waals surface area contributed by atoms with Gasteiger partial charge in [0, 0.05) is 5.02 Å². The van der Waals surface area contributed by atoms with Crippen molar-refractivity contribution in [1.82, 2.24) is 5.32 Å². The Morgan fingerprint density at radius 1 is 1.32 bits per heavy atom. The summed E-state index contributed by atoms with van der Waals surface area (Å²) in [5, 5.41) is 13.8. The minimum absolute atomic E-state index is 0.0817. The third kappa shape index (κ3) is 4.14. The van der Waals surface area contributed by atoms with Gasteiger partial charge in [-0.2, -0.15) is 0 Å². The predicted molar refractivity (Wildman–Crippen MR) is 93.1 cm³/mol. The molecule has 0 aliphatic carbocycles. The number of ether oxygens (including phenoxy) is 2. The van der Waals surface area contributed by atoms with Gasteiger partial charge in [0.05, 0.1) is 19.8 Å². The van der Waals surface area contributed by atoms with E-state index < -0.39 is 41.6 Å². The van der Waals surface area contributed by atoms with E-state index in [1.807, 2.05) is 0 Å². The van der Waals surface area contributed by atoms with Crippen LogP contribution in [0.1, 0.15) is 38.8 Å². The largest absolute Gasteiger partial charge is 0.468 e. The standard InChI is InChI=1S/C18H24ClNO5/c1-17(2,3)25-16(23)18(10-21)9-13(15(22)24-4)20-14(18)11-5-7-12(19)8-6-11/h5-8,13-14,20-21H,9-10H2,1-4H3/t13-,14-,18+/m1/s1. The van der Waals surface area contributed by atoms with Gasteiger partial charge in [-0.25, -0.2) is 0 Å². The number of aliphatic hydroxyl groups is 1. The molecule has 1 fully saturated rings. The monoisotopic (exact) mass is 369 g/mol. The Balaban J connectivity index is 2.45. The number of carbonyl (C=O) groups is 2. The molecule has 1 aromatic rings. The SMILES string of the molecule is COC(=O)[C@H]1C[C@@](CO)(C(=O)OC(C)(C)C)[C@@H](c2ccc(Cl)cc2)N1. The highest BCUT2D eigenvalue weighted by Crippen LogP contribution is 2.45. The van der Waals surface area contributed by atoms with Crippen LogP contribution in [-0.2, 0) is 19.1 Å². The average molecular weight is 370 g/mol. The van der Waals surface area contributed by atoms with E-state index in [9.17, 15) is 14.7 Å². The third-order valence-corrected chi connectivity index (χ3v) is 4.52. The summed E-state index contributed by atoms with van der Waals surface area (Å²) in [6.45, 7) is 4.81. The molecule has 1 saturated heterocycles. The molecule has 0 aromatic heterocycles. The van der Waals surface area contributed by atoms with Crippen LogP contribution in [0.4, 0.5) is 0 Å². The highest BCUT2D eigenvalue weighted by Gasteiger charge is 2.56. The van der Waals surface area contributed by atoms with E-state index in [1.54, 1.807) is 45.0 Å². The van der Waals surface area contributed by atoms with Crippen molar-refractivity contribution in [3.63, 3.8) is 0 Å². The van der Waals surface area contributed by atoms with Crippen LogP contribution in [-0.4, -0.2) is 42.4 Å². The number of rotatable bonds is 4. The van der Waals surface area contributed by atoms with Crippen molar-refractivity contribution in [2.24, 2.45) is 5.41 Å². The second-order valence-corrected chi connectivity index (χ2v) is 7.68. The Labute approximate surface area is 152 Å². The van der Waals surface area contributed by atoms with Gasteiger partial charge in [0.25, 0.3) is 0 Å². The van der Waals surface area contributed by atoms with E-state index in [0.717, 1.165) is 5.56 Å². The van der Waals surface area contributed by atoms with Gasteiger partial charge in [-0.1, -0.05) is 23.7 Å². The predicted octanol–water partition coefficient (Wildman–Crippen LogP) is 2.24. The minimum Gasteiger partial charge on any atom is -0.468 e. The van der Waals surface area contributed by atoms with Crippen molar-refractivity contribution in [3.05, 3.63) is 34.9 Å². The molecule has 1 aliphatic heterocycles. The molecule has 138 valence electrons. The van der Waals surface area contributed by atoms with Crippen LogP contribution in [0.2, 0.25) is 5.02 Å². The number of hydrogen-bond donors (Lipinski definition) is 2. The number of halogens is 1. The fourth-order valence-electron chi connectivity index (χ4n) is 3.07. The Bertz CT molecular complexity index is 640. The number of benzene rings is 1. The first-order chi connectivity index (χ1) is 11.6. The number of hydrogen-bond acceptors (Lipinski definition) is 6. The van der Waals surface area contributed by atoms with Crippen molar-refractivity contribution < 1.29 is 24.2 Å². The molecule has 1 heterocycles. The van der Waals surface area contributed by atoms with E-state index in [0.29, 0.717) is 5.02 Å². The Hall–Kier alpha value is -1.63. The van der Waals surface area contributed by atoms with Crippen LogP contribution in [0.25, 0.3) is 0 Å². The summed E-state index contributed by atoms with van der Waals surface area (Å²) < 4.78 is 10.3. The van der Waals surface area contributed by atoms with Crippen LogP contribution in [0.5, 0.6) is 0 Å². The first-order valence-electron chi connectivity index (χ1n) is 8.06. The van der Waals surface area contributed by atoms with Gasteiger partial charge in [-0.3, -0.25) is 14.9 Å². The molecule has 25 heavy (non-hydrogen) atoms. The molecule has 6 nitrogen and oxygen atoms in total. The molecule has 0 amide bonds. The number of methoxy groups -OCH3 is 1. The second kappa shape index (κ2) is 7.32. The van der Waals surface area contributed by atoms with Gasteiger partial charge in [0.2, 0.25) is 0 Å². The summed E-state index contributed by atoms with van der Waals surface area (Å²) >= 11 is 5.94. The highest BCUT2D eigenvalue weighted by atomic mass is 35.5. The zero-order valence-electron chi connectivity index (χ0n) is 14.8. The van der Waals surface area contributed by atoms with Crippen molar-refractivity contribution in [2.45, 2.75) is 44.9 Å². The summed E-state index contributed by atoms with van der Waals surface area (Å²) in [4.78, 5) is 24.9. The molecule has 3 atom stereocenters. The van der Waals surface area contributed by atoms with Crippen molar-refractivity contribution in [2.75, 3.05) is 13.7 Å². The molecular weight excluding hydrogens is 346 g/mol. The second-order valence-electron chi connectivity index (χ2n) is 7.25. The molecule has 2 N–H and O–H groups in total. The van der Waals surface area contributed by atoms with E-state index in [-0.39, 0.29) is 6.42 Å². The van der Waals surface area contributed by atoms with E-state index >= 15 is 0 Å². The number of esters is 2. The van der Waals surface area contributed by atoms with Crippen LogP contribution >= 0.6 is 11.6 Å². The van der Waals surface area contributed by atoms with E-state index in [2.05, 4.69) is 5.32 Å². The Kier molecular flexibility index (Phi) is 5.76. The van der Waals surface area contributed by atoms with Gasteiger partial charge in [0.1, 0.15) is 17.1 Å². The maximum atomic E-state index is 12.9. The van der Waals surface area contributed by atoms with Crippen molar-refractivity contribution in [3.8, 4) is 0 Å². The van der Waals surface area contributed by atoms with Crippen LogP contribution in [0.15, 0.2) is 24.3 Å². The van der Waals surface area contributed by atoms with Crippen molar-refractivity contribution in [1.29, 1.82) is 0 Å². The number of carbonyl (C=O) groups excluding carboxylic acids is 2. The fraction of sp³-hybridized carbons (Fsp3) is 0.556. The summed E-state index contributed by atoms with van der Waals surface area (Å²) in [5.74, 6) is -1.04. The molecule has 1 aliphatic rings. The maximum Gasteiger partial charge on any atom is 0.322 e. The Morgan fingerprint density at radius 3 is 2.40 bits per heavy atom. The fourth-order valence-corrected chi connectivity index (χ4v) is 3.19. The van der Waals surface area contributed by atoms with Gasteiger partial charge >= 0.3 is 11.9 Å². The summed E-state index contributed by atoms with van der Waals surface area (Å²) in [7, 11) is 1.29. The quantitative estimate of drug-likeness (QED) is 0.792. The lowest BCUT2D eigenvalue weighted by Gasteiger charge is -2.34. The topological polar surface area (TPSA) is 84.9 Å². The molecular formula is C18H24ClNO5. The number of aliphatic hydroxyl groups excluding tert-OH is 1. The molecule has 2 rings (SSSR count). The Morgan fingerprint density at radius 2 is 1.92 bits per heavy atom. The van der Waals surface area contributed by atoms with Gasteiger partial charge < -0.3 is 14.6 Å². The van der Waals surface area contributed by atoms with Crippen molar-refractivity contribution >= 4 is 23.5 Å². The lowest BCUT2D eigenvalue weighted by Crippen LogP contribution is -2.44. The van der Waals surface area contributed by atoms with Gasteiger partial charge in [-0.15, -0.1) is 0 Å².